The van der Waals surface area contributed by atoms with Crippen LogP contribution in [0, 0.1) is 0 Å². The van der Waals surface area contributed by atoms with Crippen molar-refractivity contribution < 1.29 is 14.3 Å². The summed E-state index contributed by atoms with van der Waals surface area (Å²) in [4.78, 5) is 23.9. The summed E-state index contributed by atoms with van der Waals surface area (Å²) in [7, 11) is 0. The maximum atomic E-state index is 12.1. The third-order valence-electron chi connectivity index (χ3n) is 5.74. The highest BCUT2D eigenvalue weighted by molar-refractivity contribution is 6.00. The van der Waals surface area contributed by atoms with E-state index in [2.05, 4.69) is 26.1 Å². The number of nitrogens with zero attached hydrogens (tertiary/aromatic N) is 1. The number of nitrogens with one attached hydrogen (secondary N) is 4. The molecular formula is C22H29N5O3. The van der Waals surface area contributed by atoms with Gasteiger partial charge >= 0.3 is 6.09 Å². The molecule has 2 amide bonds. The third-order valence-corrected chi connectivity index (χ3v) is 5.74. The predicted molar refractivity (Wildman–Crippen MR) is 114 cm³/mol. The van der Waals surface area contributed by atoms with Crippen LogP contribution in [0.3, 0.4) is 0 Å². The van der Waals surface area contributed by atoms with E-state index in [1.165, 1.54) is 0 Å². The highest BCUT2D eigenvalue weighted by Gasteiger charge is 2.35. The SMILES string of the molecule is CC(C)NC(=O)O[C@@H]1CC[C@H](c2cc(Nc3ccc4c(c3)C(C)(C)NC4=O)n[nH]2)C1. The van der Waals surface area contributed by atoms with Crippen LogP contribution in [0.15, 0.2) is 24.3 Å². The Kier molecular flexibility index (Phi) is 5.17. The van der Waals surface area contributed by atoms with Crippen molar-refractivity contribution >= 4 is 23.5 Å². The standard InChI is InChI=1S/C22H29N5O3/c1-12(2)23-21(29)30-15-7-5-13(9-15)18-11-19(27-26-18)24-14-6-8-16-17(10-14)22(3,4)25-20(16)28/h6,8,10-13,15H,5,7,9H2,1-4H3,(H,23,29)(H,25,28)(H2,24,26,27)/t13-,15+/m0/s1. The molecule has 0 spiro atoms. The Balaban J connectivity index is 1.39. The minimum atomic E-state index is -0.387. The van der Waals surface area contributed by atoms with Crippen molar-refractivity contribution in [2.45, 2.75) is 70.6 Å². The van der Waals surface area contributed by atoms with Crippen molar-refractivity contribution in [2.75, 3.05) is 5.32 Å². The van der Waals surface area contributed by atoms with Gasteiger partial charge < -0.3 is 20.7 Å². The highest BCUT2D eigenvalue weighted by Crippen LogP contribution is 2.37. The molecule has 1 fully saturated rings. The molecule has 1 saturated carbocycles. The Morgan fingerprint density at radius 2 is 2.07 bits per heavy atom. The largest absolute Gasteiger partial charge is 0.446 e. The van der Waals surface area contributed by atoms with Crippen LogP contribution in [-0.4, -0.2) is 34.3 Å². The fraction of sp³-hybridized carbons (Fsp3) is 0.500. The second kappa shape index (κ2) is 7.66. The number of hydrogen-bond acceptors (Lipinski definition) is 5. The lowest BCUT2D eigenvalue weighted by atomic mass is 9.94. The van der Waals surface area contributed by atoms with Crippen molar-refractivity contribution in [1.82, 2.24) is 20.8 Å². The Hall–Kier alpha value is -3.03. The summed E-state index contributed by atoms with van der Waals surface area (Å²) in [6.07, 6.45) is 2.15. The van der Waals surface area contributed by atoms with Gasteiger partial charge in [-0.25, -0.2) is 4.79 Å². The molecule has 1 aliphatic carbocycles. The van der Waals surface area contributed by atoms with Crippen molar-refractivity contribution in [3.8, 4) is 0 Å². The van der Waals surface area contributed by atoms with Gasteiger partial charge in [0.05, 0.1) is 5.54 Å². The van der Waals surface area contributed by atoms with E-state index in [0.717, 1.165) is 42.0 Å². The van der Waals surface area contributed by atoms with Gasteiger partial charge in [-0.1, -0.05) is 0 Å². The lowest BCUT2D eigenvalue weighted by Crippen LogP contribution is -2.33. The topological polar surface area (TPSA) is 108 Å². The van der Waals surface area contributed by atoms with Gasteiger partial charge in [-0.3, -0.25) is 9.89 Å². The van der Waals surface area contributed by atoms with Crippen molar-refractivity contribution in [1.29, 1.82) is 0 Å². The molecule has 0 bridgehead atoms. The fourth-order valence-corrected chi connectivity index (χ4v) is 4.26. The number of fused-ring (bicyclic) bond motifs is 1. The summed E-state index contributed by atoms with van der Waals surface area (Å²) in [5.41, 5.74) is 3.22. The molecule has 4 rings (SSSR count). The molecular weight excluding hydrogens is 382 g/mol. The Morgan fingerprint density at radius 1 is 1.27 bits per heavy atom. The van der Waals surface area contributed by atoms with Gasteiger partial charge in [0.2, 0.25) is 0 Å². The van der Waals surface area contributed by atoms with Gasteiger partial charge in [0, 0.05) is 35.0 Å². The maximum Gasteiger partial charge on any atom is 0.407 e. The van der Waals surface area contributed by atoms with Crippen LogP contribution in [0.1, 0.15) is 74.5 Å². The fourth-order valence-electron chi connectivity index (χ4n) is 4.26. The smallest absolute Gasteiger partial charge is 0.407 e. The van der Waals surface area contributed by atoms with E-state index in [1.54, 1.807) is 0 Å². The lowest BCUT2D eigenvalue weighted by molar-refractivity contribution is 0.0938. The van der Waals surface area contributed by atoms with E-state index in [0.29, 0.717) is 5.56 Å². The molecule has 0 radical (unpaired) electrons. The number of hydrogen-bond donors (Lipinski definition) is 4. The second-order valence-electron chi connectivity index (χ2n) is 9.01. The predicted octanol–water partition coefficient (Wildman–Crippen LogP) is 3.90. The van der Waals surface area contributed by atoms with Gasteiger partial charge in [-0.15, -0.1) is 0 Å². The van der Waals surface area contributed by atoms with Crippen molar-refractivity contribution in [2.24, 2.45) is 0 Å². The number of rotatable bonds is 5. The molecule has 8 nitrogen and oxygen atoms in total. The molecule has 2 heterocycles. The number of amides is 2. The zero-order chi connectivity index (χ0) is 21.5. The average Bonchev–Trinajstić information content (AvgIpc) is 3.34. The van der Waals surface area contributed by atoms with Gasteiger partial charge in [0.15, 0.2) is 5.82 Å². The van der Waals surface area contributed by atoms with E-state index < -0.39 is 0 Å². The Morgan fingerprint density at radius 3 is 2.83 bits per heavy atom. The van der Waals surface area contributed by atoms with E-state index in [1.807, 2.05) is 52.0 Å². The van der Waals surface area contributed by atoms with E-state index in [-0.39, 0.29) is 35.6 Å². The number of H-pyrrole nitrogens is 1. The number of benzene rings is 1. The number of ether oxygens (including phenoxy) is 1. The first-order chi connectivity index (χ1) is 14.2. The van der Waals surface area contributed by atoms with Crippen LogP contribution < -0.4 is 16.0 Å². The molecule has 30 heavy (non-hydrogen) atoms. The van der Waals surface area contributed by atoms with Gasteiger partial charge in [-0.05, 0) is 70.7 Å². The van der Waals surface area contributed by atoms with Gasteiger partial charge in [0.25, 0.3) is 5.91 Å². The molecule has 4 N–H and O–H groups in total. The zero-order valence-electron chi connectivity index (χ0n) is 17.8. The lowest BCUT2D eigenvalue weighted by Gasteiger charge is -2.19. The van der Waals surface area contributed by atoms with Crippen LogP contribution in [0.5, 0.6) is 0 Å². The number of carbonyl (C=O) groups is 2. The summed E-state index contributed by atoms with van der Waals surface area (Å²) in [6, 6.07) is 7.80. The maximum absolute atomic E-state index is 12.1. The number of carbonyl (C=O) groups excluding carboxylic acids is 2. The van der Waals surface area contributed by atoms with Crippen LogP contribution in [-0.2, 0) is 10.3 Å². The van der Waals surface area contributed by atoms with Gasteiger partial charge in [-0.2, -0.15) is 5.10 Å². The minimum absolute atomic E-state index is 0.0383. The number of aromatic nitrogens is 2. The summed E-state index contributed by atoms with van der Waals surface area (Å²) >= 11 is 0. The molecule has 1 aromatic heterocycles. The first-order valence-electron chi connectivity index (χ1n) is 10.5. The first-order valence-corrected chi connectivity index (χ1v) is 10.5. The van der Waals surface area contributed by atoms with E-state index in [4.69, 9.17) is 4.74 Å². The van der Waals surface area contributed by atoms with Crippen LogP contribution in [0.2, 0.25) is 0 Å². The normalized spacial score (nSPS) is 22.0. The quantitative estimate of drug-likeness (QED) is 0.597. The monoisotopic (exact) mass is 411 g/mol. The number of aromatic amines is 1. The van der Waals surface area contributed by atoms with Crippen LogP contribution in [0.25, 0.3) is 0 Å². The summed E-state index contributed by atoms with van der Waals surface area (Å²) < 4.78 is 5.51. The molecule has 1 aromatic carbocycles. The Bertz CT molecular complexity index is 965. The van der Waals surface area contributed by atoms with Crippen molar-refractivity contribution in [3.63, 3.8) is 0 Å². The summed E-state index contributed by atoms with van der Waals surface area (Å²) in [6.45, 7) is 7.81. The number of anilines is 2. The van der Waals surface area contributed by atoms with Gasteiger partial charge in [0.1, 0.15) is 6.10 Å². The van der Waals surface area contributed by atoms with Crippen molar-refractivity contribution in [3.05, 3.63) is 41.1 Å². The zero-order valence-corrected chi connectivity index (χ0v) is 17.8. The Labute approximate surface area is 176 Å². The van der Waals surface area contributed by atoms with E-state index in [9.17, 15) is 9.59 Å². The first kappa shape index (κ1) is 20.3. The second-order valence-corrected chi connectivity index (χ2v) is 9.01. The molecule has 0 unspecified atom stereocenters. The van der Waals surface area contributed by atoms with E-state index >= 15 is 0 Å². The molecule has 2 aliphatic rings. The summed E-state index contributed by atoms with van der Waals surface area (Å²) in [5.74, 6) is 0.969. The third kappa shape index (κ3) is 4.13. The molecule has 8 heteroatoms. The molecule has 2 atom stereocenters. The van der Waals surface area contributed by atoms with Crippen LogP contribution in [0.4, 0.5) is 16.3 Å². The molecule has 1 aliphatic heterocycles. The van der Waals surface area contributed by atoms with Crippen LogP contribution >= 0.6 is 0 Å². The molecule has 0 saturated heterocycles. The molecule has 2 aromatic rings. The summed E-state index contributed by atoms with van der Waals surface area (Å²) in [5, 5.41) is 16.6. The number of alkyl carbamates (subject to hydrolysis) is 1. The highest BCUT2D eigenvalue weighted by atomic mass is 16.6. The molecule has 160 valence electrons. The minimum Gasteiger partial charge on any atom is -0.446 e. The average molecular weight is 412 g/mol.